The van der Waals surface area contributed by atoms with Gasteiger partial charge >= 0.3 is 0 Å². The third kappa shape index (κ3) is 3.59. The molecule has 2 saturated heterocycles. The first kappa shape index (κ1) is 19.9. The quantitative estimate of drug-likeness (QED) is 0.836. The summed E-state index contributed by atoms with van der Waals surface area (Å²) < 4.78 is 28.1. The number of nitrogens with one attached hydrogen (secondary N) is 1. The number of sulfonamides is 1. The van der Waals surface area contributed by atoms with E-state index in [-0.39, 0.29) is 12.4 Å². The Balaban J connectivity index is 0.00000196. The van der Waals surface area contributed by atoms with Crippen molar-refractivity contribution >= 4 is 44.8 Å². The van der Waals surface area contributed by atoms with Crippen molar-refractivity contribution in [1.29, 1.82) is 0 Å². The van der Waals surface area contributed by atoms with Crippen LogP contribution in [0.25, 0.3) is 10.8 Å². The average molecular weight is 416 g/mol. The summed E-state index contributed by atoms with van der Waals surface area (Å²) in [5.41, 5.74) is 0. The number of nitrogens with zero attached hydrogens (tertiary/aromatic N) is 2. The fourth-order valence-corrected chi connectivity index (χ4v) is 5.79. The van der Waals surface area contributed by atoms with Gasteiger partial charge < -0.3 is 5.32 Å². The molecule has 0 aliphatic carbocycles. The predicted octanol–water partition coefficient (Wildman–Crippen LogP) is 2.58. The van der Waals surface area contributed by atoms with Crippen LogP contribution in [0.15, 0.2) is 41.3 Å². The zero-order valence-electron chi connectivity index (χ0n) is 14.4. The molecule has 4 rings (SSSR count). The molecule has 26 heavy (non-hydrogen) atoms. The van der Waals surface area contributed by atoms with Gasteiger partial charge in [-0.25, -0.2) is 8.42 Å². The number of hydrogen-bond donors (Lipinski definition) is 1. The fourth-order valence-electron chi connectivity index (χ4n) is 3.87. The van der Waals surface area contributed by atoms with Gasteiger partial charge in [-0.1, -0.05) is 35.9 Å². The summed E-state index contributed by atoms with van der Waals surface area (Å²) in [6.07, 6.45) is 0.894. The first-order valence-corrected chi connectivity index (χ1v) is 10.5. The summed E-state index contributed by atoms with van der Waals surface area (Å²) in [7, 11) is -3.52. The molecule has 8 heteroatoms. The minimum absolute atomic E-state index is 0. The largest absolute Gasteiger partial charge is 0.314 e. The third-order valence-corrected chi connectivity index (χ3v) is 7.50. The van der Waals surface area contributed by atoms with Crippen molar-refractivity contribution in [2.75, 3.05) is 39.3 Å². The van der Waals surface area contributed by atoms with Crippen LogP contribution in [0.5, 0.6) is 0 Å². The lowest BCUT2D eigenvalue weighted by molar-refractivity contribution is 0.179. The number of rotatable bonds is 3. The van der Waals surface area contributed by atoms with Gasteiger partial charge in [-0.15, -0.1) is 12.4 Å². The summed E-state index contributed by atoms with van der Waals surface area (Å²) in [5, 5.41) is 5.40. The molecular weight excluding hydrogens is 393 g/mol. The maximum Gasteiger partial charge on any atom is 0.243 e. The molecule has 0 saturated carbocycles. The molecule has 2 aliphatic heterocycles. The third-order valence-electron chi connectivity index (χ3n) is 5.24. The zero-order chi connectivity index (χ0) is 17.4. The van der Waals surface area contributed by atoms with Gasteiger partial charge in [-0.05, 0) is 18.6 Å². The second-order valence-electron chi connectivity index (χ2n) is 6.68. The SMILES string of the molecule is Cl.O=S(=O)(c1ccc(Cl)c2ccccc12)N1CCC(N2CCNCC2)C1. The molecule has 1 atom stereocenters. The molecule has 1 unspecified atom stereocenters. The summed E-state index contributed by atoms with van der Waals surface area (Å²) in [6.45, 7) is 5.08. The minimum Gasteiger partial charge on any atom is -0.314 e. The summed E-state index contributed by atoms with van der Waals surface area (Å²) in [4.78, 5) is 2.76. The van der Waals surface area contributed by atoms with E-state index in [4.69, 9.17) is 11.6 Å². The molecule has 142 valence electrons. The maximum atomic E-state index is 13.2. The molecule has 0 amide bonds. The van der Waals surface area contributed by atoms with Crippen molar-refractivity contribution in [2.24, 2.45) is 0 Å². The highest BCUT2D eigenvalue weighted by molar-refractivity contribution is 7.89. The fraction of sp³-hybridized carbons (Fsp3) is 0.444. The Labute approximate surface area is 165 Å². The Morgan fingerprint density at radius 3 is 2.42 bits per heavy atom. The average Bonchev–Trinajstić information content (AvgIpc) is 3.14. The van der Waals surface area contributed by atoms with Crippen LogP contribution in [-0.2, 0) is 10.0 Å². The van der Waals surface area contributed by atoms with Crippen LogP contribution in [0, 0.1) is 0 Å². The highest BCUT2D eigenvalue weighted by Crippen LogP contribution is 2.32. The van der Waals surface area contributed by atoms with Gasteiger partial charge in [0.25, 0.3) is 0 Å². The van der Waals surface area contributed by atoms with Gasteiger partial charge in [0.1, 0.15) is 0 Å². The topological polar surface area (TPSA) is 52.7 Å². The van der Waals surface area contributed by atoms with Crippen LogP contribution in [-0.4, -0.2) is 62.9 Å². The number of benzene rings is 2. The van der Waals surface area contributed by atoms with E-state index >= 15 is 0 Å². The van der Waals surface area contributed by atoms with Gasteiger partial charge in [0.2, 0.25) is 10.0 Å². The summed E-state index contributed by atoms with van der Waals surface area (Å²) >= 11 is 6.24. The monoisotopic (exact) mass is 415 g/mol. The van der Waals surface area contributed by atoms with Crippen molar-refractivity contribution < 1.29 is 8.42 Å². The molecule has 2 heterocycles. The first-order valence-electron chi connectivity index (χ1n) is 8.69. The van der Waals surface area contributed by atoms with Crippen LogP contribution in [0.1, 0.15) is 6.42 Å². The predicted molar refractivity (Wildman–Crippen MR) is 108 cm³/mol. The Hall–Kier alpha value is -0.890. The lowest BCUT2D eigenvalue weighted by atomic mass is 10.1. The molecular formula is C18H23Cl2N3O2S. The Bertz CT molecular complexity index is 885. The van der Waals surface area contributed by atoms with E-state index in [0.29, 0.717) is 34.4 Å². The smallest absolute Gasteiger partial charge is 0.243 e. The number of halogens is 2. The lowest BCUT2D eigenvalue weighted by Gasteiger charge is -2.32. The van der Waals surface area contributed by atoms with Crippen LogP contribution < -0.4 is 5.32 Å². The Morgan fingerprint density at radius 2 is 1.69 bits per heavy atom. The van der Waals surface area contributed by atoms with Crippen LogP contribution in [0.2, 0.25) is 5.02 Å². The molecule has 2 aliphatic rings. The van der Waals surface area contributed by atoms with Crippen molar-refractivity contribution in [3.05, 3.63) is 41.4 Å². The second-order valence-corrected chi connectivity index (χ2v) is 9.00. The maximum absolute atomic E-state index is 13.2. The second kappa shape index (κ2) is 8.00. The van der Waals surface area contributed by atoms with Crippen LogP contribution in [0.4, 0.5) is 0 Å². The normalized spacial score (nSPS) is 22.4. The molecule has 2 aromatic carbocycles. The summed E-state index contributed by atoms with van der Waals surface area (Å²) in [6, 6.07) is 11.1. The highest BCUT2D eigenvalue weighted by atomic mass is 35.5. The standard InChI is InChI=1S/C18H22ClN3O2S.ClH/c19-17-5-6-18(16-4-2-1-3-15(16)17)25(23,24)22-10-7-14(13-22)21-11-8-20-9-12-21;/h1-6,14,20H,7-13H2;1H. The lowest BCUT2D eigenvalue weighted by Crippen LogP contribution is -2.49. The Morgan fingerprint density at radius 1 is 1.00 bits per heavy atom. The van der Waals surface area contributed by atoms with Crippen molar-refractivity contribution in [1.82, 2.24) is 14.5 Å². The van der Waals surface area contributed by atoms with E-state index in [1.807, 2.05) is 24.3 Å². The van der Waals surface area contributed by atoms with Gasteiger partial charge in [-0.3, -0.25) is 4.90 Å². The van der Waals surface area contributed by atoms with Crippen LogP contribution >= 0.6 is 24.0 Å². The van der Waals surface area contributed by atoms with Gasteiger partial charge in [-0.2, -0.15) is 4.31 Å². The Kier molecular flexibility index (Phi) is 6.11. The van der Waals surface area contributed by atoms with Gasteiger partial charge in [0.05, 0.1) is 4.90 Å². The summed E-state index contributed by atoms with van der Waals surface area (Å²) in [5.74, 6) is 0. The molecule has 0 aromatic heterocycles. The van der Waals surface area contributed by atoms with E-state index in [0.717, 1.165) is 38.0 Å². The molecule has 0 radical (unpaired) electrons. The molecule has 1 N–H and O–H groups in total. The minimum atomic E-state index is -3.52. The van der Waals surface area contributed by atoms with Crippen molar-refractivity contribution in [2.45, 2.75) is 17.4 Å². The number of hydrogen-bond acceptors (Lipinski definition) is 4. The first-order chi connectivity index (χ1) is 12.1. The molecule has 0 bridgehead atoms. The highest BCUT2D eigenvalue weighted by Gasteiger charge is 2.36. The molecule has 2 fully saturated rings. The van der Waals surface area contributed by atoms with E-state index in [1.54, 1.807) is 16.4 Å². The van der Waals surface area contributed by atoms with E-state index < -0.39 is 10.0 Å². The van der Waals surface area contributed by atoms with E-state index in [2.05, 4.69) is 10.2 Å². The van der Waals surface area contributed by atoms with E-state index in [9.17, 15) is 8.42 Å². The molecule has 2 aromatic rings. The number of fused-ring (bicyclic) bond motifs is 1. The van der Waals surface area contributed by atoms with Crippen molar-refractivity contribution in [3.63, 3.8) is 0 Å². The van der Waals surface area contributed by atoms with Gasteiger partial charge in [0, 0.05) is 61.1 Å². The molecule has 5 nitrogen and oxygen atoms in total. The number of piperazine rings is 1. The van der Waals surface area contributed by atoms with Crippen LogP contribution in [0.3, 0.4) is 0 Å². The van der Waals surface area contributed by atoms with Crippen molar-refractivity contribution in [3.8, 4) is 0 Å². The van der Waals surface area contributed by atoms with Gasteiger partial charge in [0.15, 0.2) is 0 Å². The zero-order valence-corrected chi connectivity index (χ0v) is 16.8. The van der Waals surface area contributed by atoms with E-state index in [1.165, 1.54) is 0 Å². The molecule has 0 spiro atoms.